The van der Waals surface area contributed by atoms with Gasteiger partial charge >= 0.3 is 0 Å². The van der Waals surface area contributed by atoms with Crippen molar-refractivity contribution in [2.45, 2.75) is 33.4 Å². The number of amides is 1. The van der Waals surface area contributed by atoms with Gasteiger partial charge in [-0.1, -0.05) is 30.3 Å². The fraction of sp³-hybridized carbons (Fsp3) is 0.250. The second kappa shape index (κ2) is 7.30. The van der Waals surface area contributed by atoms with Crippen molar-refractivity contribution < 1.29 is 9.21 Å². The van der Waals surface area contributed by atoms with Gasteiger partial charge in [-0.25, -0.2) is 0 Å². The van der Waals surface area contributed by atoms with Crippen molar-refractivity contribution in [3.63, 3.8) is 0 Å². The van der Waals surface area contributed by atoms with Crippen LogP contribution in [0.2, 0.25) is 0 Å². The van der Waals surface area contributed by atoms with E-state index in [1.165, 1.54) is 0 Å². The first-order chi connectivity index (χ1) is 12.0. The van der Waals surface area contributed by atoms with E-state index >= 15 is 0 Å². The third-order valence-electron chi connectivity index (χ3n) is 3.98. The molecule has 0 bridgehead atoms. The highest BCUT2D eigenvalue weighted by Crippen LogP contribution is 2.20. The van der Waals surface area contributed by atoms with Crippen LogP contribution in [0, 0.1) is 6.92 Å². The maximum absolute atomic E-state index is 12.9. The smallest absolute Gasteiger partial charge is 0.254 e. The van der Waals surface area contributed by atoms with Crippen LogP contribution in [-0.4, -0.2) is 27.0 Å². The summed E-state index contributed by atoms with van der Waals surface area (Å²) in [5.74, 6) is 0.984. The van der Waals surface area contributed by atoms with E-state index in [9.17, 15) is 4.79 Å². The first kappa shape index (κ1) is 16.9. The third kappa shape index (κ3) is 3.94. The van der Waals surface area contributed by atoms with E-state index in [4.69, 9.17) is 4.42 Å². The van der Waals surface area contributed by atoms with Crippen LogP contribution in [0.3, 0.4) is 0 Å². The minimum absolute atomic E-state index is 0.00659. The lowest BCUT2D eigenvalue weighted by Gasteiger charge is -2.27. The topological polar surface area (TPSA) is 59.2 Å². The number of nitrogens with zero attached hydrogens (tertiary/aromatic N) is 3. The van der Waals surface area contributed by atoms with E-state index in [1.54, 1.807) is 19.1 Å². The number of rotatable bonds is 5. The van der Waals surface area contributed by atoms with Crippen molar-refractivity contribution >= 4 is 5.91 Å². The minimum atomic E-state index is 0.00659. The zero-order valence-corrected chi connectivity index (χ0v) is 14.6. The quantitative estimate of drug-likeness (QED) is 0.704. The summed E-state index contributed by atoms with van der Waals surface area (Å²) in [6.45, 7) is 6.38. The lowest BCUT2D eigenvalue weighted by Crippen LogP contribution is -2.36. The summed E-state index contributed by atoms with van der Waals surface area (Å²) in [6.07, 6.45) is 0. The monoisotopic (exact) mass is 335 g/mol. The first-order valence-electron chi connectivity index (χ1n) is 8.30. The number of benzene rings is 2. The van der Waals surface area contributed by atoms with Gasteiger partial charge in [-0.15, -0.1) is 10.2 Å². The third-order valence-corrected chi connectivity index (χ3v) is 3.98. The Hall–Kier alpha value is -2.95. The Balaban J connectivity index is 1.80. The van der Waals surface area contributed by atoms with Crippen LogP contribution >= 0.6 is 0 Å². The number of aryl methyl sites for hydroxylation is 1. The molecule has 0 aliphatic carbocycles. The second-order valence-electron chi connectivity index (χ2n) is 6.22. The Bertz CT molecular complexity index is 839. The van der Waals surface area contributed by atoms with Gasteiger partial charge in [0.1, 0.15) is 0 Å². The molecule has 0 atom stereocenters. The molecular weight excluding hydrogens is 314 g/mol. The molecule has 1 aromatic heterocycles. The van der Waals surface area contributed by atoms with Crippen LogP contribution in [0.1, 0.15) is 35.7 Å². The molecule has 128 valence electrons. The second-order valence-corrected chi connectivity index (χ2v) is 6.22. The average molecular weight is 335 g/mol. The van der Waals surface area contributed by atoms with Gasteiger partial charge in [0.25, 0.3) is 5.91 Å². The molecule has 0 saturated heterocycles. The molecule has 0 spiro atoms. The lowest BCUT2D eigenvalue weighted by atomic mass is 10.1. The first-order valence-corrected chi connectivity index (χ1v) is 8.30. The number of carbonyl (C=O) groups excluding carboxylic acids is 1. The Morgan fingerprint density at radius 1 is 1.04 bits per heavy atom. The molecule has 0 aliphatic heterocycles. The predicted octanol–water partition coefficient (Wildman–Crippen LogP) is 4.10. The normalized spacial score (nSPS) is 10.9. The summed E-state index contributed by atoms with van der Waals surface area (Å²) < 4.78 is 5.42. The number of carbonyl (C=O) groups is 1. The molecule has 5 nitrogen and oxygen atoms in total. The van der Waals surface area contributed by atoms with E-state index in [1.807, 2.05) is 61.2 Å². The Morgan fingerprint density at radius 2 is 1.72 bits per heavy atom. The summed E-state index contributed by atoms with van der Waals surface area (Å²) >= 11 is 0. The molecule has 25 heavy (non-hydrogen) atoms. The number of aromatic nitrogens is 2. The SMILES string of the molecule is Cc1nnc(-c2ccc(C(=O)N(Cc3ccccc3)C(C)C)cc2)o1. The van der Waals surface area contributed by atoms with Gasteiger partial charge in [0.15, 0.2) is 0 Å². The van der Waals surface area contributed by atoms with Crippen LogP contribution in [0.4, 0.5) is 0 Å². The molecule has 2 aromatic carbocycles. The van der Waals surface area contributed by atoms with Crippen LogP contribution in [-0.2, 0) is 6.54 Å². The van der Waals surface area contributed by atoms with Crippen molar-refractivity contribution in [3.05, 3.63) is 71.6 Å². The molecule has 5 heteroatoms. The molecule has 0 saturated carbocycles. The van der Waals surface area contributed by atoms with Gasteiger partial charge in [0.2, 0.25) is 11.8 Å². The zero-order valence-electron chi connectivity index (χ0n) is 14.6. The van der Waals surface area contributed by atoms with Crippen molar-refractivity contribution in [1.29, 1.82) is 0 Å². The fourth-order valence-corrected chi connectivity index (χ4v) is 2.60. The summed E-state index contributed by atoms with van der Waals surface area (Å²) in [6, 6.07) is 17.4. The Labute approximate surface area is 147 Å². The van der Waals surface area contributed by atoms with Crippen molar-refractivity contribution in [2.24, 2.45) is 0 Å². The molecule has 0 N–H and O–H groups in total. The summed E-state index contributed by atoms with van der Waals surface area (Å²) in [7, 11) is 0. The standard InChI is InChI=1S/C20H21N3O2/c1-14(2)23(13-16-7-5-4-6-8-16)20(24)18-11-9-17(10-12-18)19-22-21-15(3)25-19/h4-12,14H,13H2,1-3H3. The van der Waals surface area contributed by atoms with Crippen LogP contribution < -0.4 is 0 Å². The van der Waals surface area contributed by atoms with E-state index in [0.717, 1.165) is 11.1 Å². The zero-order chi connectivity index (χ0) is 17.8. The molecule has 1 amide bonds. The average Bonchev–Trinajstić information content (AvgIpc) is 3.06. The van der Waals surface area contributed by atoms with Crippen molar-refractivity contribution in [2.75, 3.05) is 0 Å². The summed E-state index contributed by atoms with van der Waals surface area (Å²) in [4.78, 5) is 14.8. The molecule has 0 aliphatic rings. The van der Waals surface area contributed by atoms with Crippen molar-refractivity contribution in [3.8, 4) is 11.5 Å². The lowest BCUT2D eigenvalue weighted by molar-refractivity contribution is 0.0690. The van der Waals surface area contributed by atoms with Gasteiger partial charge in [-0.3, -0.25) is 4.79 Å². The van der Waals surface area contributed by atoms with E-state index in [0.29, 0.717) is 23.9 Å². The molecule has 0 fully saturated rings. The Kier molecular flexibility index (Phi) is 4.93. The maximum atomic E-state index is 12.9. The van der Waals surface area contributed by atoms with Crippen LogP contribution in [0.5, 0.6) is 0 Å². The molecule has 0 unspecified atom stereocenters. The van der Waals surface area contributed by atoms with E-state index in [2.05, 4.69) is 10.2 Å². The van der Waals surface area contributed by atoms with Crippen LogP contribution in [0.15, 0.2) is 59.0 Å². The van der Waals surface area contributed by atoms with Gasteiger partial charge < -0.3 is 9.32 Å². The number of hydrogen-bond acceptors (Lipinski definition) is 4. The molecule has 3 rings (SSSR count). The predicted molar refractivity (Wildman–Crippen MR) is 95.9 cm³/mol. The summed E-state index contributed by atoms with van der Waals surface area (Å²) in [5, 5.41) is 7.82. The highest BCUT2D eigenvalue weighted by atomic mass is 16.4. The van der Waals surface area contributed by atoms with Crippen LogP contribution in [0.25, 0.3) is 11.5 Å². The molecule has 0 radical (unpaired) electrons. The highest BCUT2D eigenvalue weighted by molar-refractivity contribution is 5.94. The molecular formula is C20H21N3O2. The minimum Gasteiger partial charge on any atom is -0.421 e. The van der Waals surface area contributed by atoms with Gasteiger partial charge in [-0.05, 0) is 43.7 Å². The van der Waals surface area contributed by atoms with E-state index < -0.39 is 0 Å². The largest absolute Gasteiger partial charge is 0.421 e. The van der Waals surface area contributed by atoms with Gasteiger partial charge in [0, 0.05) is 30.6 Å². The summed E-state index contributed by atoms with van der Waals surface area (Å²) in [5.41, 5.74) is 2.56. The number of hydrogen-bond donors (Lipinski definition) is 0. The molecule has 1 heterocycles. The fourth-order valence-electron chi connectivity index (χ4n) is 2.60. The maximum Gasteiger partial charge on any atom is 0.254 e. The Morgan fingerprint density at radius 3 is 2.28 bits per heavy atom. The van der Waals surface area contributed by atoms with Gasteiger partial charge in [0.05, 0.1) is 0 Å². The van der Waals surface area contributed by atoms with Gasteiger partial charge in [-0.2, -0.15) is 0 Å². The van der Waals surface area contributed by atoms with E-state index in [-0.39, 0.29) is 11.9 Å². The molecule has 3 aromatic rings. The van der Waals surface area contributed by atoms with Crippen molar-refractivity contribution in [1.82, 2.24) is 15.1 Å². The highest BCUT2D eigenvalue weighted by Gasteiger charge is 2.19.